The summed E-state index contributed by atoms with van der Waals surface area (Å²) in [5, 5.41) is 0. The predicted octanol–water partition coefficient (Wildman–Crippen LogP) is 2.70. The number of phosphoric ester groups is 1. The van der Waals surface area contributed by atoms with E-state index in [1.807, 2.05) is 0 Å². The van der Waals surface area contributed by atoms with Crippen LogP contribution in [0, 0.1) is 11.8 Å². The molecule has 0 aliphatic heterocycles. The van der Waals surface area contributed by atoms with Crippen molar-refractivity contribution in [2.24, 2.45) is 11.8 Å². The molecule has 0 spiro atoms. The van der Waals surface area contributed by atoms with Gasteiger partial charge < -0.3 is 9.79 Å². The van der Waals surface area contributed by atoms with Crippen LogP contribution in [0.1, 0.15) is 46.0 Å². The standard InChI is InChI=1S/C10H21O4P/c1-8(2)7-9-3-5-10(6-4-9)14-15(11,12)13/h8-10H,3-7H2,1-2H3,(H2,11,12,13). The zero-order chi connectivity index (χ0) is 11.5. The van der Waals surface area contributed by atoms with Crippen molar-refractivity contribution in [3.63, 3.8) is 0 Å². The molecule has 1 saturated carbocycles. The molecule has 0 amide bonds. The molecule has 1 rings (SSSR count). The number of phosphoric acid groups is 1. The van der Waals surface area contributed by atoms with Gasteiger partial charge in [0.2, 0.25) is 0 Å². The molecule has 0 saturated heterocycles. The van der Waals surface area contributed by atoms with Crippen LogP contribution in [0.5, 0.6) is 0 Å². The van der Waals surface area contributed by atoms with Crippen LogP contribution in [0.4, 0.5) is 0 Å². The molecule has 90 valence electrons. The second-order valence-electron chi connectivity index (χ2n) is 4.87. The van der Waals surface area contributed by atoms with E-state index in [0.717, 1.165) is 25.7 Å². The Balaban J connectivity index is 2.27. The number of rotatable bonds is 4. The van der Waals surface area contributed by atoms with Crippen LogP contribution in [0.3, 0.4) is 0 Å². The summed E-state index contributed by atoms with van der Waals surface area (Å²) in [4.78, 5) is 17.3. The van der Waals surface area contributed by atoms with Crippen LogP contribution in [0.2, 0.25) is 0 Å². The molecule has 0 aromatic rings. The maximum absolute atomic E-state index is 10.6. The Hall–Kier alpha value is 0.110. The smallest absolute Gasteiger partial charge is 0.303 e. The van der Waals surface area contributed by atoms with Gasteiger partial charge in [-0.3, -0.25) is 4.52 Å². The topological polar surface area (TPSA) is 66.8 Å². The normalized spacial score (nSPS) is 28.3. The van der Waals surface area contributed by atoms with Crippen LogP contribution in [0.15, 0.2) is 0 Å². The molecule has 0 bridgehead atoms. The second kappa shape index (κ2) is 5.44. The van der Waals surface area contributed by atoms with Gasteiger partial charge in [-0.05, 0) is 43.9 Å². The molecular formula is C10H21O4P. The third-order valence-electron chi connectivity index (χ3n) is 2.88. The Labute approximate surface area is 91.3 Å². The zero-order valence-corrected chi connectivity index (χ0v) is 10.3. The van der Waals surface area contributed by atoms with E-state index < -0.39 is 7.82 Å². The first kappa shape index (κ1) is 13.2. The molecule has 5 heteroatoms. The van der Waals surface area contributed by atoms with E-state index in [4.69, 9.17) is 14.3 Å². The second-order valence-corrected chi connectivity index (χ2v) is 6.06. The first-order chi connectivity index (χ1) is 6.87. The highest BCUT2D eigenvalue weighted by atomic mass is 31.2. The van der Waals surface area contributed by atoms with Crippen molar-refractivity contribution >= 4 is 7.82 Å². The molecule has 4 nitrogen and oxygen atoms in total. The minimum atomic E-state index is -4.28. The van der Waals surface area contributed by atoms with Crippen LogP contribution in [-0.2, 0) is 9.09 Å². The number of hydrogen-bond donors (Lipinski definition) is 2. The third kappa shape index (κ3) is 5.67. The summed E-state index contributed by atoms with van der Waals surface area (Å²) in [7, 11) is -4.28. The van der Waals surface area contributed by atoms with Crippen LogP contribution in [-0.4, -0.2) is 15.9 Å². The van der Waals surface area contributed by atoms with Gasteiger partial charge in [-0.25, -0.2) is 4.57 Å². The van der Waals surface area contributed by atoms with Crippen LogP contribution in [0.25, 0.3) is 0 Å². The lowest BCUT2D eigenvalue weighted by molar-refractivity contribution is 0.0858. The minimum Gasteiger partial charge on any atom is -0.303 e. The highest BCUT2D eigenvalue weighted by Gasteiger charge is 2.27. The molecule has 0 radical (unpaired) electrons. The van der Waals surface area contributed by atoms with E-state index in [2.05, 4.69) is 13.8 Å². The summed E-state index contributed by atoms with van der Waals surface area (Å²) in [5.74, 6) is 1.41. The Morgan fingerprint density at radius 2 is 1.80 bits per heavy atom. The lowest BCUT2D eigenvalue weighted by atomic mass is 9.82. The molecular weight excluding hydrogens is 215 g/mol. The molecule has 0 unspecified atom stereocenters. The van der Waals surface area contributed by atoms with Gasteiger partial charge in [0.05, 0.1) is 6.10 Å². The van der Waals surface area contributed by atoms with E-state index in [-0.39, 0.29) is 6.10 Å². The molecule has 1 aliphatic carbocycles. The van der Waals surface area contributed by atoms with Gasteiger partial charge in [-0.1, -0.05) is 13.8 Å². The lowest BCUT2D eigenvalue weighted by Crippen LogP contribution is -2.21. The monoisotopic (exact) mass is 236 g/mol. The Morgan fingerprint density at radius 1 is 1.27 bits per heavy atom. The van der Waals surface area contributed by atoms with Gasteiger partial charge in [-0.15, -0.1) is 0 Å². The van der Waals surface area contributed by atoms with Gasteiger partial charge >= 0.3 is 7.82 Å². The summed E-state index contributed by atoms with van der Waals surface area (Å²) in [6, 6.07) is 0. The molecule has 0 aromatic heterocycles. The molecule has 2 N–H and O–H groups in total. The van der Waals surface area contributed by atoms with Crippen molar-refractivity contribution in [1.29, 1.82) is 0 Å². The summed E-state index contributed by atoms with van der Waals surface area (Å²) in [6.07, 6.45) is 4.59. The summed E-state index contributed by atoms with van der Waals surface area (Å²) < 4.78 is 15.3. The molecule has 0 aromatic carbocycles. The Morgan fingerprint density at radius 3 is 2.20 bits per heavy atom. The maximum Gasteiger partial charge on any atom is 0.469 e. The summed E-state index contributed by atoms with van der Waals surface area (Å²) in [5.41, 5.74) is 0. The number of hydrogen-bond acceptors (Lipinski definition) is 2. The maximum atomic E-state index is 10.6. The van der Waals surface area contributed by atoms with Gasteiger partial charge in [0, 0.05) is 0 Å². The molecule has 0 heterocycles. The molecule has 15 heavy (non-hydrogen) atoms. The van der Waals surface area contributed by atoms with Gasteiger partial charge in [0.25, 0.3) is 0 Å². The van der Waals surface area contributed by atoms with E-state index >= 15 is 0 Å². The SMILES string of the molecule is CC(C)CC1CCC(OP(=O)(O)O)CC1. The van der Waals surface area contributed by atoms with E-state index in [1.165, 1.54) is 6.42 Å². The van der Waals surface area contributed by atoms with Crippen molar-refractivity contribution in [3.05, 3.63) is 0 Å². The van der Waals surface area contributed by atoms with Crippen molar-refractivity contribution in [1.82, 2.24) is 0 Å². The largest absolute Gasteiger partial charge is 0.469 e. The molecule has 1 aliphatic rings. The van der Waals surface area contributed by atoms with Crippen molar-refractivity contribution < 1.29 is 18.9 Å². The fourth-order valence-electron chi connectivity index (χ4n) is 2.33. The quantitative estimate of drug-likeness (QED) is 0.736. The van der Waals surface area contributed by atoms with Crippen LogP contribution < -0.4 is 0 Å². The zero-order valence-electron chi connectivity index (χ0n) is 9.43. The van der Waals surface area contributed by atoms with Gasteiger partial charge in [0.15, 0.2) is 0 Å². The first-order valence-corrected chi connectivity index (χ1v) is 7.14. The van der Waals surface area contributed by atoms with Crippen molar-refractivity contribution in [2.45, 2.75) is 52.1 Å². The summed E-state index contributed by atoms with van der Waals surface area (Å²) in [6.45, 7) is 4.41. The Kier molecular flexibility index (Phi) is 4.78. The van der Waals surface area contributed by atoms with Crippen molar-refractivity contribution in [2.75, 3.05) is 0 Å². The van der Waals surface area contributed by atoms with E-state index in [0.29, 0.717) is 11.8 Å². The fourth-order valence-corrected chi connectivity index (χ4v) is 2.93. The van der Waals surface area contributed by atoms with E-state index in [1.54, 1.807) is 0 Å². The predicted molar refractivity (Wildman–Crippen MR) is 58.3 cm³/mol. The highest BCUT2D eigenvalue weighted by Crippen LogP contribution is 2.42. The van der Waals surface area contributed by atoms with Crippen LogP contribution >= 0.6 is 7.82 Å². The molecule has 1 fully saturated rings. The summed E-state index contributed by atoms with van der Waals surface area (Å²) >= 11 is 0. The first-order valence-electron chi connectivity index (χ1n) is 5.61. The average Bonchev–Trinajstić information content (AvgIpc) is 2.05. The van der Waals surface area contributed by atoms with Gasteiger partial charge in [-0.2, -0.15) is 0 Å². The van der Waals surface area contributed by atoms with Gasteiger partial charge in [0.1, 0.15) is 0 Å². The Bertz CT molecular complexity index is 228. The minimum absolute atomic E-state index is 0.241. The lowest BCUT2D eigenvalue weighted by Gasteiger charge is -2.29. The third-order valence-corrected chi connectivity index (χ3v) is 3.46. The van der Waals surface area contributed by atoms with E-state index in [9.17, 15) is 4.57 Å². The average molecular weight is 236 g/mol. The molecule has 0 atom stereocenters. The van der Waals surface area contributed by atoms with Crippen molar-refractivity contribution in [3.8, 4) is 0 Å². The fraction of sp³-hybridized carbons (Fsp3) is 1.00. The highest BCUT2D eigenvalue weighted by molar-refractivity contribution is 7.46.